The Balaban J connectivity index is 1.36. The van der Waals surface area contributed by atoms with Crippen molar-refractivity contribution in [2.24, 2.45) is 0 Å². The third-order valence-electron chi connectivity index (χ3n) is 5.55. The van der Waals surface area contributed by atoms with Gasteiger partial charge in [0, 0.05) is 12.1 Å². The minimum Gasteiger partial charge on any atom is -0.489 e. The van der Waals surface area contributed by atoms with Crippen LogP contribution in [0.1, 0.15) is 22.5 Å². The highest BCUT2D eigenvalue weighted by Crippen LogP contribution is 2.29. The lowest BCUT2D eigenvalue weighted by molar-refractivity contribution is 0.302. The Morgan fingerprint density at radius 2 is 1.65 bits per heavy atom. The third-order valence-corrected chi connectivity index (χ3v) is 5.55. The van der Waals surface area contributed by atoms with E-state index in [4.69, 9.17) is 4.74 Å². The topological polar surface area (TPSA) is 49.9 Å². The maximum absolute atomic E-state index is 6.26. The van der Waals surface area contributed by atoms with Gasteiger partial charge in [0.05, 0.1) is 17.6 Å². The first kappa shape index (κ1) is 19.3. The molecular weight excluding hydrogens is 382 g/mol. The van der Waals surface area contributed by atoms with Crippen molar-refractivity contribution in [1.29, 1.82) is 0 Å². The molecule has 4 nitrogen and oxygen atoms in total. The Labute approximate surface area is 181 Å². The van der Waals surface area contributed by atoms with E-state index in [0.29, 0.717) is 19.7 Å². The van der Waals surface area contributed by atoms with E-state index in [-0.39, 0.29) is 0 Å². The van der Waals surface area contributed by atoms with Gasteiger partial charge in [-0.05, 0) is 41.5 Å². The first-order valence-corrected chi connectivity index (χ1v) is 10.6. The van der Waals surface area contributed by atoms with Crippen LogP contribution in [-0.2, 0) is 19.7 Å². The fourth-order valence-electron chi connectivity index (χ4n) is 3.87. The van der Waals surface area contributed by atoms with Crippen LogP contribution in [0.2, 0.25) is 0 Å². The number of aromatic amines is 1. The minimum absolute atomic E-state index is 0.551. The summed E-state index contributed by atoms with van der Waals surface area (Å²) in [5, 5.41) is 5.97. The van der Waals surface area contributed by atoms with Crippen molar-refractivity contribution in [2.75, 3.05) is 0 Å². The van der Waals surface area contributed by atoms with E-state index in [0.717, 1.165) is 22.6 Å². The zero-order valence-corrected chi connectivity index (χ0v) is 17.6. The average molecular weight is 408 g/mol. The number of hydrogen-bond donors (Lipinski definition) is 2. The Kier molecular flexibility index (Phi) is 5.38. The lowest BCUT2D eigenvalue weighted by Crippen LogP contribution is -2.15. The summed E-state index contributed by atoms with van der Waals surface area (Å²) in [4.78, 5) is 8.04. The molecule has 0 fully saturated rings. The maximum Gasteiger partial charge on any atom is 0.124 e. The number of H-pyrrole nitrogens is 1. The molecule has 0 amide bonds. The molecule has 0 saturated carbocycles. The predicted octanol–water partition coefficient (Wildman–Crippen LogP) is 5.89. The van der Waals surface area contributed by atoms with Crippen molar-refractivity contribution in [3.63, 3.8) is 0 Å². The Morgan fingerprint density at radius 1 is 0.839 bits per heavy atom. The van der Waals surface area contributed by atoms with Gasteiger partial charge in [-0.3, -0.25) is 0 Å². The quantitative estimate of drug-likeness (QED) is 0.353. The number of hydrogen-bond acceptors (Lipinski definition) is 3. The number of ether oxygens (including phenoxy) is 1. The molecule has 4 aromatic carbocycles. The van der Waals surface area contributed by atoms with E-state index in [2.05, 4.69) is 82.9 Å². The molecular formula is C27H25N3O. The molecule has 4 heteroatoms. The molecule has 0 spiro atoms. The Bertz CT molecular complexity index is 1290. The standard InChI is InChI=1S/C27H25N3O/c1-19-10-12-20(13-11-19)18-31-26-15-14-21-6-2-3-7-22(21)23(26)16-28-17-27-29-24-8-4-5-9-25(24)30-27/h2-15,28H,16-18H2,1H3,(H,29,30). The molecule has 0 unspecified atom stereocenters. The highest BCUT2D eigenvalue weighted by Gasteiger charge is 2.10. The van der Waals surface area contributed by atoms with Crippen molar-refractivity contribution < 1.29 is 4.74 Å². The van der Waals surface area contributed by atoms with E-state index in [9.17, 15) is 0 Å². The maximum atomic E-state index is 6.26. The number of imidazole rings is 1. The number of fused-ring (bicyclic) bond motifs is 2. The summed E-state index contributed by atoms with van der Waals surface area (Å²) in [5.74, 6) is 1.85. The van der Waals surface area contributed by atoms with E-state index in [1.165, 1.54) is 27.5 Å². The monoisotopic (exact) mass is 407 g/mol. The van der Waals surface area contributed by atoms with Crippen molar-refractivity contribution in [2.45, 2.75) is 26.6 Å². The largest absolute Gasteiger partial charge is 0.489 e. The molecule has 2 N–H and O–H groups in total. The van der Waals surface area contributed by atoms with Gasteiger partial charge in [0.1, 0.15) is 18.2 Å². The van der Waals surface area contributed by atoms with Crippen molar-refractivity contribution in [3.05, 3.63) is 107 Å². The number of benzene rings is 4. The lowest BCUT2D eigenvalue weighted by atomic mass is 10.0. The van der Waals surface area contributed by atoms with E-state index in [1.54, 1.807) is 0 Å². The number of nitrogens with one attached hydrogen (secondary N) is 2. The second kappa shape index (κ2) is 8.62. The molecule has 0 saturated heterocycles. The first-order valence-electron chi connectivity index (χ1n) is 10.6. The van der Waals surface area contributed by atoms with Crippen LogP contribution < -0.4 is 10.1 Å². The Morgan fingerprint density at radius 3 is 2.52 bits per heavy atom. The van der Waals surface area contributed by atoms with Crippen molar-refractivity contribution in [1.82, 2.24) is 15.3 Å². The molecule has 1 heterocycles. The van der Waals surface area contributed by atoms with Crippen LogP contribution in [0, 0.1) is 6.92 Å². The van der Waals surface area contributed by atoms with Crippen LogP contribution >= 0.6 is 0 Å². The minimum atomic E-state index is 0.551. The molecule has 0 aliphatic rings. The molecule has 5 aromatic rings. The number of nitrogens with zero attached hydrogens (tertiary/aromatic N) is 1. The molecule has 1 aromatic heterocycles. The van der Waals surface area contributed by atoms with E-state index >= 15 is 0 Å². The van der Waals surface area contributed by atoms with Gasteiger partial charge in [-0.15, -0.1) is 0 Å². The molecule has 0 atom stereocenters. The summed E-state index contributed by atoms with van der Waals surface area (Å²) < 4.78 is 6.26. The van der Waals surface area contributed by atoms with Crippen molar-refractivity contribution >= 4 is 21.8 Å². The number of aromatic nitrogens is 2. The van der Waals surface area contributed by atoms with Gasteiger partial charge in [0.2, 0.25) is 0 Å². The summed E-state index contributed by atoms with van der Waals surface area (Å²) in [5.41, 5.74) is 5.64. The normalized spacial score (nSPS) is 11.3. The molecule has 31 heavy (non-hydrogen) atoms. The number of rotatable bonds is 7. The zero-order valence-electron chi connectivity index (χ0n) is 17.6. The molecule has 0 aliphatic carbocycles. The van der Waals surface area contributed by atoms with Crippen LogP contribution in [0.15, 0.2) is 84.9 Å². The van der Waals surface area contributed by atoms with Crippen LogP contribution in [0.25, 0.3) is 21.8 Å². The summed E-state index contributed by atoms with van der Waals surface area (Å²) in [6.45, 7) is 4.01. The summed E-state index contributed by atoms with van der Waals surface area (Å²) in [6, 6.07) is 29.2. The number of para-hydroxylation sites is 2. The highest BCUT2D eigenvalue weighted by atomic mass is 16.5. The molecule has 5 rings (SSSR count). The van der Waals surface area contributed by atoms with Gasteiger partial charge in [-0.1, -0.05) is 72.3 Å². The van der Waals surface area contributed by atoms with Gasteiger partial charge in [-0.25, -0.2) is 4.98 Å². The SMILES string of the molecule is Cc1ccc(COc2ccc3ccccc3c2CNCc2nc3ccccc3[nH]2)cc1. The fourth-order valence-corrected chi connectivity index (χ4v) is 3.87. The molecule has 0 bridgehead atoms. The van der Waals surface area contributed by atoms with Crippen LogP contribution in [-0.4, -0.2) is 9.97 Å². The second-order valence-electron chi connectivity index (χ2n) is 7.84. The van der Waals surface area contributed by atoms with Crippen LogP contribution in [0.4, 0.5) is 0 Å². The van der Waals surface area contributed by atoms with E-state index in [1.807, 2.05) is 24.3 Å². The van der Waals surface area contributed by atoms with Crippen LogP contribution in [0.5, 0.6) is 5.75 Å². The van der Waals surface area contributed by atoms with Gasteiger partial charge in [0.15, 0.2) is 0 Å². The van der Waals surface area contributed by atoms with Gasteiger partial charge < -0.3 is 15.0 Å². The third kappa shape index (κ3) is 4.30. The van der Waals surface area contributed by atoms with Crippen molar-refractivity contribution in [3.8, 4) is 5.75 Å². The zero-order chi connectivity index (χ0) is 21.0. The highest BCUT2D eigenvalue weighted by molar-refractivity contribution is 5.87. The van der Waals surface area contributed by atoms with Gasteiger partial charge in [0.25, 0.3) is 0 Å². The number of aryl methyl sites for hydroxylation is 1. The molecule has 154 valence electrons. The molecule has 0 aliphatic heterocycles. The smallest absolute Gasteiger partial charge is 0.124 e. The van der Waals surface area contributed by atoms with Gasteiger partial charge in [-0.2, -0.15) is 0 Å². The first-order chi connectivity index (χ1) is 15.3. The second-order valence-corrected chi connectivity index (χ2v) is 7.84. The fraction of sp³-hybridized carbons (Fsp3) is 0.148. The predicted molar refractivity (Wildman–Crippen MR) is 126 cm³/mol. The van der Waals surface area contributed by atoms with Gasteiger partial charge >= 0.3 is 0 Å². The lowest BCUT2D eigenvalue weighted by Gasteiger charge is -2.15. The summed E-state index contributed by atoms with van der Waals surface area (Å²) >= 11 is 0. The van der Waals surface area contributed by atoms with Crippen LogP contribution in [0.3, 0.4) is 0 Å². The average Bonchev–Trinajstić information content (AvgIpc) is 3.22. The van der Waals surface area contributed by atoms with E-state index < -0.39 is 0 Å². The molecule has 0 radical (unpaired) electrons. The summed E-state index contributed by atoms with van der Waals surface area (Å²) in [6.07, 6.45) is 0. The Hall–Kier alpha value is -3.63. The summed E-state index contributed by atoms with van der Waals surface area (Å²) in [7, 11) is 0.